The number of anilines is 3. The number of hydrogen-bond acceptors (Lipinski definition) is 14. The molecule has 16 nitrogen and oxygen atoms in total. The highest BCUT2D eigenvalue weighted by atomic mass is 16.6. The molecule has 0 bridgehead atoms. The molecule has 9 N–H and O–H groups in total. The number of imide groups is 2. The normalized spacial score (nSPS) is 13.9. The van der Waals surface area contributed by atoms with E-state index in [2.05, 4.69) is 15.3 Å². The molecule has 1 atom stereocenters. The summed E-state index contributed by atoms with van der Waals surface area (Å²) in [4.78, 5) is 55.3. The number of carbonyl (C=O) groups is 4. The summed E-state index contributed by atoms with van der Waals surface area (Å²) >= 11 is 0. The van der Waals surface area contributed by atoms with Crippen LogP contribution in [0.2, 0.25) is 0 Å². The van der Waals surface area contributed by atoms with Crippen molar-refractivity contribution in [3.63, 3.8) is 0 Å². The third kappa shape index (κ3) is 10.2. The summed E-state index contributed by atoms with van der Waals surface area (Å²) in [5.41, 5.74) is 21.6. The van der Waals surface area contributed by atoms with E-state index < -0.39 is 24.1 Å². The first-order valence-electron chi connectivity index (χ1n) is 15.1. The van der Waals surface area contributed by atoms with Crippen LogP contribution in [0.15, 0.2) is 36.4 Å². The SMILES string of the molecule is Nc1nc(N)c(CCOCCc2cc(C=O)cc(COC(O)c3cc(CO)cc(CCOCCN4C(=O)CC(=O)NC4=O)c3)c2)c(N)n1. The molecule has 256 valence electrons. The minimum atomic E-state index is -1.33. The molecule has 1 aliphatic rings. The molecule has 48 heavy (non-hydrogen) atoms. The molecule has 1 aromatic heterocycles. The molecule has 1 fully saturated rings. The van der Waals surface area contributed by atoms with Crippen LogP contribution in [0.4, 0.5) is 22.4 Å². The number of nitrogen functional groups attached to an aromatic ring is 3. The first-order chi connectivity index (χ1) is 23.1. The topological polar surface area (TPSA) is 256 Å². The Morgan fingerprint density at radius 3 is 2.12 bits per heavy atom. The highest BCUT2D eigenvalue weighted by Gasteiger charge is 2.30. The van der Waals surface area contributed by atoms with Crippen molar-refractivity contribution in [2.24, 2.45) is 0 Å². The Labute approximate surface area is 276 Å². The van der Waals surface area contributed by atoms with Crippen molar-refractivity contribution in [1.82, 2.24) is 20.2 Å². The van der Waals surface area contributed by atoms with Gasteiger partial charge in [0.05, 0.1) is 46.2 Å². The van der Waals surface area contributed by atoms with Crippen LogP contribution in [-0.4, -0.2) is 82.2 Å². The summed E-state index contributed by atoms with van der Waals surface area (Å²) in [6, 6.07) is 9.62. The van der Waals surface area contributed by atoms with E-state index in [9.17, 15) is 29.4 Å². The van der Waals surface area contributed by atoms with Crippen molar-refractivity contribution in [3.8, 4) is 0 Å². The fraction of sp³-hybridized carbons (Fsp3) is 0.375. The maximum absolute atomic E-state index is 11.9. The maximum Gasteiger partial charge on any atom is 0.330 e. The summed E-state index contributed by atoms with van der Waals surface area (Å²) in [5, 5.41) is 22.7. The fourth-order valence-corrected chi connectivity index (χ4v) is 5.04. The molecule has 1 unspecified atom stereocenters. The van der Waals surface area contributed by atoms with Crippen molar-refractivity contribution in [1.29, 1.82) is 0 Å². The van der Waals surface area contributed by atoms with E-state index >= 15 is 0 Å². The number of carbonyl (C=O) groups excluding carboxylic acids is 4. The zero-order valence-corrected chi connectivity index (χ0v) is 26.2. The monoisotopic (exact) mass is 665 g/mol. The molecular weight excluding hydrogens is 626 g/mol. The molecule has 0 aliphatic carbocycles. The molecular formula is C32H39N7O9. The Morgan fingerprint density at radius 1 is 0.854 bits per heavy atom. The lowest BCUT2D eigenvalue weighted by atomic mass is 10.0. The summed E-state index contributed by atoms with van der Waals surface area (Å²) in [5.74, 6) is -0.798. The number of aldehydes is 1. The van der Waals surface area contributed by atoms with Crippen LogP contribution in [0.3, 0.4) is 0 Å². The second kappa shape index (κ2) is 17.2. The largest absolute Gasteiger partial charge is 0.392 e. The van der Waals surface area contributed by atoms with Gasteiger partial charge in [-0.15, -0.1) is 0 Å². The predicted molar refractivity (Wildman–Crippen MR) is 172 cm³/mol. The van der Waals surface area contributed by atoms with Gasteiger partial charge in [0.15, 0.2) is 6.29 Å². The Balaban J connectivity index is 1.26. The standard InChI is InChI=1S/C32H39N7O9/c33-28-25(29(34)38-31(35)37-28)3-7-46-5-1-19-9-21(16-40)12-23(11-19)18-48-30(44)24-13-20(10-22(14-24)17-41)2-6-47-8-4-39-27(43)15-26(42)36-32(39)45/h9-14,16,30,41,44H,1-8,15,17-18H2,(H,36,42,45)(H6,33,34,35,37,38). The quantitative estimate of drug-likeness (QED) is 0.0470. The van der Waals surface area contributed by atoms with E-state index in [1.807, 2.05) is 6.07 Å². The Hall–Kier alpha value is -5.00. The number of hydrogen-bond donors (Lipinski definition) is 6. The number of rotatable bonds is 18. The molecule has 2 heterocycles. The smallest absolute Gasteiger partial charge is 0.330 e. The van der Waals surface area contributed by atoms with Gasteiger partial charge >= 0.3 is 6.03 Å². The van der Waals surface area contributed by atoms with E-state index in [0.717, 1.165) is 22.3 Å². The molecule has 0 spiro atoms. The number of ether oxygens (including phenoxy) is 3. The molecule has 16 heteroatoms. The second-order valence-electron chi connectivity index (χ2n) is 11.0. The number of nitrogens with one attached hydrogen (secondary N) is 1. The van der Waals surface area contributed by atoms with Crippen molar-refractivity contribution >= 4 is 41.7 Å². The summed E-state index contributed by atoms with van der Waals surface area (Å²) in [7, 11) is 0. The van der Waals surface area contributed by atoms with Gasteiger partial charge in [0.1, 0.15) is 24.3 Å². The number of aliphatic hydroxyl groups is 2. The van der Waals surface area contributed by atoms with Crippen molar-refractivity contribution in [2.75, 3.05) is 50.2 Å². The van der Waals surface area contributed by atoms with Gasteiger partial charge in [-0.1, -0.05) is 18.2 Å². The zero-order chi connectivity index (χ0) is 34.6. The van der Waals surface area contributed by atoms with Gasteiger partial charge in [-0.05, 0) is 53.3 Å². The molecule has 0 radical (unpaired) electrons. The minimum Gasteiger partial charge on any atom is -0.392 e. The Kier molecular flexibility index (Phi) is 12.9. The molecule has 4 rings (SSSR count). The maximum atomic E-state index is 11.9. The van der Waals surface area contributed by atoms with Gasteiger partial charge < -0.3 is 41.6 Å². The predicted octanol–water partition coefficient (Wildman–Crippen LogP) is 0.565. The van der Waals surface area contributed by atoms with Crippen LogP contribution in [0.1, 0.15) is 56.4 Å². The van der Waals surface area contributed by atoms with E-state index in [0.29, 0.717) is 60.3 Å². The van der Waals surface area contributed by atoms with Gasteiger partial charge in [0.2, 0.25) is 17.8 Å². The van der Waals surface area contributed by atoms with Gasteiger partial charge in [0, 0.05) is 23.1 Å². The van der Waals surface area contributed by atoms with Gasteiger partial charge in [0.25, 0.3) is 0 Å². The average Bonchev–Trinajstić information content (AvgIpc) is 3.04. The van der Waals surface area contributed by atoms with Gasteiger partial charge in [-0.3, -0.25) is 24.6 Å². The molecule has 2 aromatic carbocycles. The van der Waals surface area contributed by atoms with E-state index in [-0.39, 0.29) is 57.0 Å². The van der Waals surface area contributed by atoms with Crippen LogP contribution >= 0.6 is 0 Å². The van der Waals surface area contributed by atoms with Crippen LogP contribution < -0.4 is 22.5 Å². The number of aromatic nitrogens is 2. The van der Waals surface area contributed by atoms with Crippen molar-refractivity contribution in [3.05, 3.63) is 75.3 Å². The van der Waals surface area contributed by atoms with Crippen molar-refractivity contribution in [2.45, 2.75) is 45.2 Å². The van der Waals surface area contributed by atoms with E-state index in [1.54, 1.807) is 30.3 Å². The highest BCUT2D eigenvalue weighted by molar-refractivity contribution is 6.14. The molecule has 4 amide bonds. The number of nitrogens with zero attached hydrogens (tertiary/aromatic N) is 3. The Bertz CT molecular complexity index is 1590. The highest BCUT2D eigenvalue weighted by Crippen LogP contribution is 2.22. The number of urea groups is 1. The van der Waals surface area contributed by atoms with Crippen LogP contribution in [0.25, 0.3) is 0 Å². The zero-order valence-electron chi connectivity index (χ0n) is 26.2. The van der Waals surface area contributed by atoms with E-state index in [4.69, 9.17) is 31.4 Å². The van der Waals surface area contributed by atoms with Gasteiger partial charge in [-0.25, -0.2) is 4.79 Å². The first-order valence-corrected chi connectivity index (χ1v) is 15.1. The number of nitrogens with two attached hydrogens (primary N) is 3. The van der Waals surface area contributed by atoms with Crippen LogP contribution in [0.5, 0.6) is 0 Å². The number of barbiturate groups is 1. The van der Waals surface area contributed by atoms with Gasteiger partial charge in [-0.2, -0.15) is 9.97 Å². The van der Waals surface area contributed by atoms with E-state index in [1.165, 1.54) is 0 Å². The summed E-state index contributed by atoms with van der Waals surface area (Å²) < 4.78 is 17.1. The van der Waals surface area contributed by atoms with Crippen LogP contribution in [-0.2, 0) is 56.3 Å². The lowest BCUT2D eigenvalue weighted by Crippen LogP contribution is -2.53. The summed E-state index contributed by atoms with van der Waals surface area (Å²) in [6.45, 7) is 0.717. The average molecular weight is 666 g/mol. The molecule has 3 aromatic rings. The number of aliphatic hydroxyl groups excluding tert-OH is 2. The summed E-state index contributed by atoms with van der Waals surface area (Å²) in [6.07, 6.45) is 0.337. The lowest BCUT2D eigenvalue weighted by Gasteiger charge is -2.24. The van der Waals surface area contributed by atoms with Crippen molar-refractivity contribution < 1.29 is 43.6 Å². The fourth-order valence-electron chi connectivity index (χ4n) is 5.04. The third-order valence-corrected chi connectivity index (χ3v) is 7.38. The Morgan fingerprint density at radius 2 is 1.46 bits per heavy atom. The minimum absolute atomic E-state index is 0.00205. The third-order valence-electron chi connectivity index (χ3n) is 7.38. The lowest BCUT2D eigenvalue weighted by molar-refractivity contribution is -0.136. The van der Waals surface area contributed by atoms with Crippen LogP contribution in [0, 0.1) is 0 Å². The number of amides is 4. The molecule has 1 saturated heterocycles. The first kappa shape index (κ1) is 35.8. The number of benzene rings is 2. The second-order valence-corrected chi connectivity index (χ2v) is 11.0. The molecule has 1 aliphatic heterocycles. The molecule has 0 saturated carbocycles.